The van der Waals surface area contributed by atoms with Crippen molar-refractivity contribution in [1.29, 1.82) is 0 Å². The van der Waals surface area contributed by atoms with Crippen LogP contribution in [0.1, 0.15) is 29.2 Å². The molecule has 0 spiro atoms. The van der Waals surface area contributed by atoms with Gasteiger partial charge in [-0.05, 0) is 41.7 Å². The van der Waals surface area contributed by atoms with Crippen LogP contribution in [0.5, 0.6) is 5.75 Å². The summed E-state index contributed by atoms with van der Waals surface area (Å²) in [7, 11) is 3.11. The Morgan fingerprint density at radius 1 is 0.839 bits per heavy atom. The van der Waals surface area contributed by atoms with E-state index in [2.05, 4.69) is 18.2 Å². The number of esters is 1. The lowest BCUT2D eigenvalue weighted by Gasteiger charge is -2.23. The van der Waals surface area contributed by atoms with Crippen LogP contribution >= 0.6 is 0 Å². The van der Waals surface area contributed by atoms with Crippen LogP contribution < -0.4 is 4.74 Å². The Labute approximate surface area is 184 Å². The first-order valence-electron chi connectivity index (χ1n) is 10.5. The number of rotatable bonds is 10. The van der Waals surface area contributed by atoms with Crippen molar-refractivity contribution < 1.29 is 19.0 Å². The topological polar surface area (TPSA) is 44.8 Å². The van der Waals surface area contributed by atoms with Crippen molar-refractivity contribution >= 4 is 5.97 Å². The van der Waals surface area contributed by atoms with E-state index >= 15 is 0 Å². The number of benzene rings is 3. The average Bonchev–Trinajstić information content (AvgIpc) is 2.82. The van der Waals surface area contributed by atoms with Gasteiger partial charge in [0, 0.05) is 6.42 Å². The van der Waals surface area contributed by atoms with Crippen LogP contribution in [0.3, 0.4) is 0 Å². The lowest BCUT2D eigenvalue weighted by atomic mass is 9.92. The zero-order chi connectivity index (χ0) is 22.1. The van der Waals surface area contributed by atoms with E-state index in [1.807, 2.05) is 67.6 Å². The van der Waals surface area contributed by atoms with Gasteiger partial charge in [0.25, 0.3) is 0 Å². The van der Waals surface area contributed by atoms with Gasteiger partial charge in [0.1, 0.15) is 5.75 Å². The summed E-state index contributed by atoms with van der Waals surface area (Å²) in [5.41, 5.74) is 4.43. The highest BCUT2D eigenvalue weighted by atomic mass is 16.5. The monoisotopic (exact) mass is 418 g/mol. The molecule has 4 nitrogen and oxygen atoms in total. The maximum atomic E-state index is 12.5. The molecule has 0 N–H and O–H groups in total. The summed E-state index contributed by atoms with van der Waals surface area (Å²) in [5, 5.41) is 0. The van der Waals surface area contributed by atoms with Crippen molar-refractivity contribution in [2.24, 2.45) is 5.92 Å². The molecule has 0 saturated heterocycles. The first-order valence-corrected chi connectivity index (χ1v) is 10.5. The zero-order valence-corrected chi connectivity index (χ0v) is 18.4. The Balaban J connectivity index is 1.75. The minimum Gasteiger partial charge on any atom is -0.496 e. The van der Waals surface area contributed by atoms with Gasteiger partial charge in [-0.25, -0.2) is 0 Å². The van der Waals surface area contributed by atoms with Gasteiger partial charge in [0.05, 0.1) is 32.8 Å². The molecule has 0 aliphatic heterocycles. The molecule has 0 fully saturated rings. The van der Waals surface area contributed by atoms with E-state index in [-0.39, 0.29) is 12.1 Å². The summed E-state index contributed by atoms with van der Waals surface area (Å²) < 4.78 is 16.7. The molecule has 2 atom stereocenters. The molecule has 162 valence electrons. The maximum Gasteiger partial charge on any atom is 0.311 e. The standard InChI is InChI=1S/C27H30O4/c1-20(31-19-22-12-8-5-9-13-22)25(27(28)30-3)18-23-14-15-26(29-2)24(17-23)16-21-10-6-4-7-11-21/h4-15,17,20,25H,16,18-19H2,1-3H3/t20-,25-/m0/s1. The highest BCUT2D eigenvalue weighted by Crippen LogP contribution is 2.26. The minimum atomic E-state index is -0.397. The van der Waals surface area contributed by atoms with Gasteiger partial charge in [-0.2, -0.15) is 0 Å². The fourth-order valence-electron chi connectivity index (χ4n) is 3.68. The van der Waals surface area contributed by atoms with Crippen LogP contribution in [0.4, 0.5) is 0 Å². The predicted molar refractivity (Wildman–Crippen MR) is 122 cm³/mol. The van der Waals surface area contributed by atoms with Crippen molar-refractivity contribution in [3.8, 4) is 5.75 Å². The summed E-state index contributed by atoms with van der Waals surface area (Å²) in [5.74, 6) is 0.184. The molecule has 0 aliphatic carbocycles. The molecule has 3 rings (SSSR count). The Hall–Kier alpha value is -3.11. The van der Waals surface area contributed by atoms with E-state index in [1.54, 1.807) is 7.11 Å². The Bertz CT molecular complexity index is 953. The lowest BCUT2D eigenvalue weighted by Crippen LogP contribution is -2.31. The van der Waals surface area contributed by atoms with E-state index in [1.165, 1.54) is 12.7 Å². The summed E-state index contributed by atoms with van der Waals surface area (Å²) in [6, 6.07) is 26.3. The normalized spacial score (nSPS) is 12.7. The zero-order valence-electron chi connectivity index (χ0n) is 18.4. The minimum absolute atomic E-state index is 0.263. The van der Waals surface area contributed by atoms with Crippen LogP contribution in [-0.2, 0) is 33.7 Å². The van der Waals surface area contributed by atoms with Gasteiger partial charge in [0.2, 0.25) is 0 Å². The van der Waals surface area contributed by atoms with Crippen LogP contribution in [0.15, 0.2) is 78.9 Å². The van der Waals surface area contributed by atoms with Crippen molar-refractivity contribution in [2.75, 3.05) is 14.2 Å². The highest BCUT2D eigenvalue weighted by Gasteiger charge is 2.27. The Kier molecular flexibility index (Phi) is 8.25. The van der Waals surface area contributed by atoms with E-state index in [4.69, 9.17) is 14.2 Å². The molecule has 4 heteroatoms. The molecule has 0 aromatic heterocycles. The quantitative estimate of drug-likeness (QED) is 0.423. The molecule has 0 aliphatic rings. The summed E-state index contributed by atoms with van der Waals surface area (Å²) in [6.07, 6.45) is 1.02. The van der Waals surface area contributed by atoms with Gasteiger partial charge < -0.3 is 14.2 Å². The van der Waals surface area contributed by atoms with E-state index in [9.17, 15) is 4.79 Å². The lowest BCUT2D eigenvalue weighted by molar-refractivity contribution is -0.151. The Morgan fingerprint density at radius 2 is 1.48 bits per heavy atom. The summed E-state index contributed by atoms with van der Waals surface area (Å²) >= 11 is 0. The number of carbonyl (C=O) groups is 1. The number of hydrogen-bond acceptors (Lipinski definition) is 4. The molecule has 0 saturated carbocycles. The predicted octanol–water partition coefficient (Wildman–Crippen LogP) is 5.22. The average molecular weight is 419 g/mol. The largest absolute Gasteiger partial charge is 0.496 e. The number of methoxy groups -OCH3 is 2. The van der Waals surface area contributed by atoms with Crippen molar-refractivity contribution in [3.05, 3.63) is 101 Å². The van der Waals surface area contributed by atoms with Crippen molar-refractivity contribution in [1.82, 2.24) is 0 Å². The van der Waals surface area contributed by atoms with Crippen LogP contribution in [0.25, 0.3) is 0 Å². The second-order valence-electron chi connectivity index (χ2n) is 7.64. The van der Waals surface area contributed by atoms with Crippen molar-refractivity contribution in [2.45, 2.75) is 32.5 Å². The number of carbonyl (C=O) groups excluding carboxylic acids is 1. The first kappa shape index (κ1) is 22.6. The van der Waals surface area contributed by atoms with Crippen LogP contribution in [0.2, 0.25) is 0 Å². The first-order chi connectivity index (χ1) is 15.1. The molecular weight excluding hydrogens is 388 g/mol. The molecule has 31 heavy (non-hydrogen) atoms. The smallest absolute Gasteiger partial charge is 0.311 e. The third-order valence-electron chi connectivity index (χ3n) is 5.46. The summed E-state index contributed by atoms with van der Waals surface area (Å²) in [4.78, 5) is 12.5. The second kappa shape index (κ2) is 11.3. The maximum absolute atomic E-state index is 12.5. The van der Waals surface area contributed by atoms with E-state index in [0.29, 0.717) is 13.0 Å². The molecule has 3 aromatic rings. The molecule has 0 amide bonds. The van der Waals surface area contributed by atoms with Gasteiger partial charge in [-0.15, -0.1) is 0 Å². The molecule has 0 bridgehead atoms. The molecule has 0 radical (unpaired) electrons. The van der Waals surface area contributed by atoms with Gasteiger partial charge >= 0.3 is 5.97 Å². The second-order valence-corrected chi connectivity index (χ2v) is 7.64. The highest BCUT2D eigenvalue weighted by molar-refractivity contribution is 5.73. The van der Waals surface area contributed by atoms with Gasteiger partial charge in [-0.1, -0.05) is 72.8 Å². The van der Waals surface area contributed by atoms with Gasteiger partial charge in [-0.3, -0.25) is 4.79 Å². The van der Waals surface area contributed by atoms with Crippen molar-refractivity contribution in [3.63, 3.8) is 0 Å². The summed E-state index contributed by atoms with van der Waals surface area (Å²) in [6.45, 7) is 2.39. The molecule has 0 unspecified atom stereocenters. The SMILES string of the molecule is COC(=O)[C@@H](Cc1ccc(OC)c(Cc2ccccc2)c1)[C@H](C)OCc1ccccc1. The third kappa shape index (κ3) is 6.43. The number of hydrogen-bond donors (Lipinski definition) is 0. The number of ether oxygens (including phenoxy) is 3. The van der Waals surface area contributed by atoms with Crippen LogP contribution in [-0.4, -0.2) is 26.3 Å². The molecule has 0 heterocycles. The van der Waals surface area contributed by atoms with Gasteiger partial charge in [0.15, 0.2) is 0 Å². The third-order valence-corrected chi connectivity index (χ3v) is 5.46. The van der Waals surface area contributed by atoms with Crippen LogP contribution in [0, 0.1) is 5.92 Å². The fourth-order valence-corrected chi connectivity index (χ4v) is 3.68. The fraction of sp³-hybridized carbons (Fsp3) is 0.296. The molecule has 3 aromatic carbocycles. The van der Waals surface area contributed by atoms with E-state index in [0.717, 1.165) is 28.9 Å². The Morgan fingerprint density at radius 3 is 2.10 bits per heavy atom. The van der Waals surface area contributed by atoms with E-state index < -0.39 is 5.92 Å². The molecular formula is C27H30O4.